The summed E-state index contributed by atoms with van der Waals surface area (Å²) in [5.41, 5.74) is 5.16. The Hall–Kier alpha value is -3.42. The second kappa shape index (κ2) is 9.60. The highest BCUT2D eigenvalue weighted by Crippen LogP contribution is 2.40. The van der Waals surface area contributed by atoms with Crippen LogP contribution in [0.3, 0.4) is 0 Å². The summed E-state index contributed by atoms with van der Waals surface area (Å²) in [7, 11) is 1.75. The van der Waals surface area contributed by atoms with Gasteiger partial charge >= 0.3 is 0 Å². The van der Waals surface area contributed by atoms with Gasteiger partial charge in [0.25, 0.3) is 5.91 Å². The summed E-state index contributed by atoms with van der Waals surface area (Å²) >= 11 is 0. The molecule has 1 amide bonds. The summed E-state index contributed by atoms with van der Waals surface area (Å²) in [6.45, 7) is 3.89. The number of hydrogen-bond acceptors (Lipinski definition) is 5. The van der Waals surface area contributed by atoms with Gasteiger partial charge in [-0.2, -0.15) is 0 Å². The zero-order valence-electron chi connectivity index (χ0n) is 18.8. The Morgan fingerprint density at radius 2 is 2.00 bits per heavy atom. The molecule has 1 saturated heterocycles. The molecule has 7 nitrogen and oxygen atoms in total. The minimum Gasteiger partial charge on any atom is -0.383 e. The van der Waals surface area contributed by atoms with Gasteiger partial charge < -0.3 is 25.3 Å². The fourth-order valence-corrected chi connectivity index (χ4v) is 4.67. The van der Waals surface area contributed by atoms with Crippen molar-refractivity contribution in [2.45, 2.75) is 18.9 Å². The van der Waals surface area contributed by atoms with Crippen molar-refractivity contribution >= 4 is 28.4 Å². The number of piperidine rings is 1. The Kier molecular flexibility index (Phi) is 6.24. The van der Waals surface area contributed by atoms with Crippen molar-refractivity contribution in [3.05, 3.63) is 77.9 Å². The maximum atomic E-state index is 13.1. The summed E-state index contributed by atoms with van der Waals surface area (Å²) in [4.78, 5) is 23.2. The van der Waals surface area contributed by atoms with Crippen LogP contribution < -0.4 is 10.6 Å². The minimum atomic E-state index is -0.108. The van der Waals surface area contributed by atoms with Crippen LogP contribution in [0.2, 0.25) is 0 Å². The monoisotopic (exact) mass is 443 g/mol. The molecule has 0 spiro atoms. The van der Waals surface area contributed by atoms with E-state index in [4.69, 9.17) is 4.74 Å². The van der Waals surface area contributed by atoms with Crippen LogP contribution >= 0.6 is 0 Å². The molecule has 33 heavy (non-hydrogen) atoms. The van der Waals surface area contributed by atoms with Gasteiger partial charge in [-0.3, -0.25) is 4.79 Å². The molecule has 7 heteroatoms. The van der Waals surface area contributed by atoms with Gasteiger partial charge in [-0.05, 0) is 36.6 Å². The molecule has 1 aromatic heterocycles. The molecular formula is C26H29N5O2. The van der Waals surface area contributed by atoms with Crippen LogP contribution in [0.4, 0.5) is 11.4 Å². The number of aromatic nitrogens is 2. The highest BCUT2D eigenvalue weighted by molar-refractivity contribution is 6.38. The highest BCUT2D eigenvalue weighted by Gasteiger charge is 2.30. The number of carbonyl (C=O) groups is 1. The SMILES string of the molecule is COCCN1CCC(Nc2ccc3c(c2)C(=C(c2ccccc2)c2ncc[nH]2)C(=O)N3)CC1. The molecule has 0 saturated carbocycles. The average Bonchev–Trinajstić information content (AvgIpc) is 3.48. The zero-order chi connectivity index (χ0) is 22.6. The van der Waals surface area contributed by atoms with Crippen molar-refractivity contribution in [2.75, 3.05) is 44.0 Å². The zero-order valence-corrected chi connectivity index (χ0v) is 18.8. The van der Waals surface area contributed by atoms with Crippen LogP contribution in [-0.4, -0.2) is 60.2 Å². The molecule has 3 heterocycles. The summed E-state index contributed by atoms with van der Waals surface area (Å²) in [6, 6.07) is 16.5. The van der Waals surface area contributed by atoms with Gasteiger partial charge in [0.2, 0.25) is 0 Å². The molecule has 5 rings (SSSR count). The van der Waals surface area contributed by atoms with Gasteiger partial charge in [-0.1, -0.05) is 30.3 Å². The second-order valence-electron chi connectivity index (χ2n) is 8.52. The van der Waals surface area contributed by atoms with Gasteiger partial charge in [0, 0.05) is 67.7 Å². The number of carbonyl (C=O) groups excluding carboxylic acids is 1. The lowest BCUT2D eigenvalue weighted by Gasteiger charge is -2.32. The number of imidazole rings is 1. The van der Waals surface area contributed by atoms with E-state index >= 15 is 0 Å². The first kappa shape index (κ1) is 21.4. The van der Waals surface area contributed by atoms with Gasteiger partial charge in [-0.25, -0.2) is 4.98 Å². The number of H-pyrrole nitrogens is 1. The highest BCUT2D eigenvalue weighted by atomic mass is 16.5. The van der Waals surface area contributed by atoms with E-state index in [2.05, 4.69) is 37.6 Å². The molecule has 2 aliphatic rings. The average molecular weight is 444 g/mol. The summed E-state index contributed by atoms with van der Waals surface area (Å²) in [5, 5.41) is 6.72. The van der Waals surface area contributed by atoms with Crippen LogP contribution in [0.5, 0.6) is 0 Å². The molecule has 3 N–H and O–H groups in total. The number of fused-ring (bicyclic) bond motifs is 1. The third kappa shape index (κ3) is 4.55. The van der Waals surface area contributed by atoms with Crippen LogP contribution in [0, 0.1) is 0 Å². The van der Waals surface area contributed by atoms with E-state index in [0.717, 1.165) is 67.2 Å². The van der Waals surface area contributed by atoms with Crippen molar-refractivity contribution in [3.63, 3.8) is 0 Å². The number of likely N-dealkylation sites (tertiary alicyclic amines) is 1. The Morgan fingerprint density at radius 3 is 2.73 bits per heavy atom. The van der Waals surface area contributed by atoms with E-state index < -0.39 is 0 Å². The number of amides is 1. The van der Waals surface area contributed by atoms with E-state index in [1.54, 1.807) is 19.5 Å². The van der Waals surface area contributed by atoms with Crippen molar-refractivity contribution in [3.8, 4) is 0 Å². The Labute approximate surface area is 193 Å². The standard InChI is InChI=1S/C26H29N5O2/c1-33-16-15-31-13-9-19(10-14-31)29-20-7-8-22-21(17-20)24(26(32)30-22)23(25-27-11-12-28-25)18-5-3-2-4-6-18/h2-8,11-12,17,19,29H,9-10,13-16H2,1H3,(H,27,28)(H,30,32). The maximum Gasteiger partial charge on any atom is 0.257 e. The molecule has 0 radical (unpaired) electrons. The number of nitrogens with one attached hydrogen (secondary N) is 3. The summed E-state index contributed by atoms with van der Waals surface area (Å²) < 4.78 is 5.20. The van der Waals surface area contributed by atoms with Crippen molar-refractivity contribution < 1.29 is 9.53 Å². The lowest BCUT2D eigenvalue weighted by Crippen LogP contribution is -2.40. The first-order valence-corrected chi connectivity index (χ1v) is 11.5. The number of hydrogen-bond donors (Lipinski definition) is 3. The fourth-order valence-electron chi connectivity index (χ4n) is 4.67. The minimum absolute atomic E-state index is 0.108. The van der Waals surface area contributed by atoms with Gasteiger partial charge in [0.15, 0.2) is 0 Å². The van der Waals surface area contributed by atoms with Crippen LogP contribution in [0.1, 0.15) is 29.8 Å². The largest absolute Gasteiger partial charge is 0.383 e. The molecule has 1 fully saturated rings. The number of aromatic amines is 1. The predicted octanol–water partition coefficient (Wildman–Crippen LogP) is 3.84. The molecule has 0 bridgehead atoms. The normalized spacial score (nSPS) is 18.2. The Bertz CT molecular complexity index is 1130. The number of nitrogens with zero attached hydrogens (tertiary/aromatic N) is 2. The second-order valence-corrected chi connectivity index (χ2v) is 8.52. The van der Waals surface area contributed by atoms with E-state index in [1.165, 1.54) is 0 Å². The maximum absolute atomic E-state index is 13.1. The number of ether oxygens (including phenoxy) is 1. The molecule has 0 unspecified atom stereocenters. The first-order chi connectivity index (χ1) is 16.2. The number of anilines is 2. The molecule has 0 aliphatic carbocycles. The first-order valence-electron chi connectivity index (χ1n) is 11.5. The molecule has 2 aromatic carbocycles. The van der Waals surface area contributed by atoms with Crippen molar-refractivity contribution in [1.82, 2.24) is 14.9 Å². The topological polar surface area (TPSA) is 82.3 Å². The number of methoxy groups -OCH3 is 1. The number of benzene rings is 2. The van der Waals surface area contributed by atoms with E-state index in [-0.39, 0.29) is 5.91 Å². The Morgan fingerprint density at radius 1 is 1.18 bits per heavy atom. The van der Waals surface area contributed by atoms with Gasteiger partial charge in [-0.15, -0.1) is 0 Å². The van der Waals surface area contributed by atoms with Gasteiger partial charge in [0.05, 0.1) is 12.2 Å². The van der Waals surface area contributed by atoms with E-state index in [1.807, 2.05) is 36.4 Å². The van der Waals surface area contributed by atoms with Crippen LogP contribution in [-0.2, 0) is 9.53 Å². The van der Waals surface area contributed by atoms with Gasteiger partial charge in [0.1, 0.15) is 5.82 Å². The third-order valence-corrected chi connectivity index (χ3v) is 6.38. The molecule has 2 aliphatic heterocycles. The molecule has 170 valence electrons. The summed E-state index contributed by atoms with van der Waals surface area (Å²) in [6.07, 6.45) is 5.66. The Balaban J connectivity index is 1.44. The van der Waals surface area contributed by atoms with Crippen LogP contribution in [0.15, 0.2) is 60.9 Å². The lowest BCUT2D eigenvalue weighted by molar-refractivity contribution is -0.110. The van der Waals surface area contributed by atoms with E-state index in [0.29, 0.717) is 17.4 Å². The predicted molar refractivity (Wildman–Crippen MR) is 131 cm³/mol. The molecular weight excluding hydrogens is 414 g/mol. The lowest BCUT2D eigenvalue weighted by atomic mass is 9.94. The third-order valence-electron chi connectivity index (χ3n) is 6.38. The van der Waals surface area contributed by atoms with Crippen LogP contribution in [0.25, 0.3) is 11.1 Å². The number of rotatable bonds is 7. The molecule has 0 atom stereocenters. The molecule has 3 aromatic rings. The van der Waals surface area contributed by atoms with Crippen molar-refractivity contribution in [2.24, 2.45) is 0 Å². The summed E-state index contributed by atoms with van der Waals surface area (Å²) in [5.74, 6) is 0.574. The smallest absolute Gasteiger partial charge is 0.257 e. The quantitative estimate of drug-likeness (QED) is 0.484. The van der Waals surface area contributed by atoms with Crippen molar-refractivity contribution in [1.29, 1.82) is 0 Å². The fraction of sp³-hybridized carbons (Fsp3) is 0.308. The van der Waals surface area contributed by atoms with E-state index in [9.17, 15) is 4.79 Å².